The highest BCUT2D eigenvalue weighted by Gasteiger charge is 2.42. The van der Waals surface area contributed by atoms with Crippen molar-refractivity contribution < 1.29 is 4.79 Å². The quantitative estimate of drug-likeness (QED) is 0.890. The Morgan fingerprint density at radius 2 is 2.25 bits per heavy atom. The summed E-state index contributed by atoms with van der Waals surface area (Å²) >= 11 is 1.73. The molecular weight excluding hydrogens is 268 g/mol. The van der Waals surface area contributed by atoms with Crippen LogP contribution in [0.5, 0.6) is 0 Å². The first-order valence-corrected chi connectivity index (χ1v) is 8.21. The van der Waals surface area contributed by atoms with Gasteiger partial charge in [0.15, 0.2) is 0 Å². The summed E-state index contributed by atoms with van der Waals surface area (Å²) in [4.78, 5) is 12.5. The van der Waals surface area contributed by atoms with Crippen molar-refractivity contribution in [1.82, 2.24) is 5.32 Å². The highest BCUT2D eigenvalue weighted by molar-refractivity contribution is 7.17. The molecule has 104 valence electrons. The summed E-state index contributed by atoms with van der Waals surface area (Å²) < 4.78 is 1.26. The van der Waals surface area contributed by atoms with Gasteiger partial charge >= 0.3 is 0 Å². The van der Waals surface area contributed by atoms with Crippen molar-refractivity contribution >= 4 is 33.0 Å². The van der Waals surface area contributed by atoms with Crippen molar-refractivity contribution in [2.75, 3.05) is 11.9 Å². The number of amides is 1. The topological polar surface area (TPSA) is 41.1 Å². The van der Waals surface area contributed by atoms with Gasteiger partial charge in [0.2, 0.25) is 5.91 Å². The average molecular weight is 286 g/mol. The smallest absolute Gasteiger partial charge is 0.241 e. The molecule has 2 fully saturated rings. The van der Waals surface area contributed by atoms with Gasteiger partial charge in [-0.25, -0.2) is 0 Å². The Balaban J connectivity index is 1.51. The zero-order valence-electron chi connectivity index (χ0n) is 11.3. The maximum atomic E-state index is 12.5. The lowest BCUT2D eigenvalue weighted by Crippen LogP contribution is -2.39. The Hall–Kier alpha value is -1.39. The molecule has 1 aromatic carbocycles. The molecule has 1 amide bonds. The molecular formula is C16H18N2OS. The first-order chi connectivity index (χ1) is 9.81. The molecule has 1 saturated heterocycles. The third-order valence-corrected chi connectivity index (χ3v) is 5.65. The van der Waals surface area contributed by atoms with E-state index in [1.165, 1.54) is 29.3 Å². The van der Waals surface area contributed by atoms with Crippen LogP contribution >= 0.6 is 11.3 Å². The maximum absolute atomic E-state index is 12.5. The van der Waals surface area contributed by atoms with Gasteiger partial charge in [0.1, 0.15) is 0 Å². The number of carbonyl (C=O) groups is 1. The van der Waals surface area contributed by atoms with Crippen LogP contribution in [0.4, 0.5) is 5.69 Å². The minimum atomic E-state index is 0.000622. The Morgan fingerprint density at radius 1 is 1.30 bits per heavy atom. The summed E-state index contributed by atoms with van der Waals surface area (Å²) in [6.45, 7) is 1.01. The highest BCUT2D eigenvalue weighted by Crippen LogP contribution is 2.38. The Morgan fingerprint density at radius 3 is 3.20 bits per heavy atom. The Labute approximate surface area is 122 Å². The van der Waals surface area contributed by atoms with Crippen molar-refractivity contribution in [3.63, 3.8) is 0 Å². The molecule has 2 heterocycles. The molecule has 1 aliphatic heterocycles. The monoisotopic (exact) mass is 286 g/mol. The molecule has 20 heavy (non-hydrogen) atoms. The van der Waals surface area contributed by atoms with E-state index in [1.54, 1.807) is 11.3 Å². The molecule has 0 spiro atoms. The normalized spacial score (nSPS) is 28.7. The van der Waals surface area contributed by atoms with E-state index in [2.05, 4.69) is 34.2 Å². The second-order valence-corrected chi connectivity index (χ2v) is 6.85. The van der Waals surface area contributed by atoms with Crippen LogP contribution in [0.2, 0.25) is 0 Å². The van der Waals surface area contributed by atoms with Crippen molar-refractivity contribution in [2.45, 2.75) is 25.3 Å². The number of hydrogen-bond acceptors (Lipinski definition) is 3. The lowest BCUT2D eigenvalue weighted by Gasteiger charge is -2.17. The molecule has 0 bridgehead atoms. The van der Waals surface area contributed by atoms with E-state index in [0.29, 0.717) is 11.8 Å². The molecule has 2 aliphatic rings. The van der Waals surface area contributed by atoms with E-state index in [9.17, 15) is 4.79 Å². The Bertz CT molecular complexity index is 651. The van der Waals surface area contributed by atoms with E-state index >= 15 is 0 Å². The standard InChI is InChI=1S/C16H18N2OS/c19-16(15-13-3-1-2-11(13)9-17-15)18-12-4-5-14-10(8-12)6-7-20-14/h4-8,11,13,15,17H,1-3,9H2,(H,18,19). The van der Waals surface area contributed by atoms with E-state index < -0.39 is 0 Å². The first-order valence-electron chi connectivity index (χ1n) is 7.33. The summed E-state index contributed by atoms with van der Waals surface area (Å²) in [5, 5.41) is 9.76. The predicted molar refractivity (Wildman–Crippen MR) is 83.1 cm³/mol. The van der Waals surface area contributed by atoms with E-state index in [-0.39, 0.29) is 11.9 Å². The van der Waals surface area contributed by atoms with E-state index in [4.69, 9.17) is 0 Å². The van der Waals surface area contributed by atoms with Gasteiger partial charge in [-0.05, 0) is 66.3 Å². The van der Waals surface area contributed by atoms with Crippen molar-refractivity contribution in [1.29, 1.82) is 0 Å². The van der Waals surface area contributed by atoms with Crippen LogP contribution in [0.15, 0.2) is 29.6 Å². The molecule has 3 atom stereocenters. The van der Waals surface area contributed by atoms with Crippen LogP contribution in [0.1, 0.15) is 19.3 Å². The summed E-state index contributed by atoms with van der Waals surface area (Å²) in [5.74, 6) is 1.39. The highest BCUT2D eigenvalue weighted by atomic mass is 32.1. The minimum Gasteiger partial charge on any atom is -0.325 e. The van der Waals surface area contributed by atoms with Gasteiger partial charge in [-0.1, -0.05) is 6.42 Å². The fourth-order valence-electron chi connectivity index (χ4n) is 3.74. The lowest BCUT2D eigenvalue weighted by atomic mass is 9.93. The van der Waals surface area contributed by atoms with Crippen molar-refractivity contribution in [2.24, 2.45) is 11.8 Å². The SMILES string of the molecule is O=C(Nc1ccc2sccc2c1)C1NCC2CCCC21. The fraction of sp³-hybridized carbons (Fsp3) is 0.438. The van der Waals surface area contributed by atoms with Crippen LogP contribution in [0.3, 0.4) is 0 Å². The number of carbonyl (C=O) groups excluding carboxylic acids is 1. The van der Waals surface area contributed by atoms with Gasteiger partial charge in [0.05, 0.1) is 6.04 Å². The van der Waals surface area contributed by atoms with Gasteiger partial charge in [-0.2, -0.15) is 0 Å². The zero-order chi connectivity index (χ0) is 13.5. The van der Waals surface area contributed by atoms with E-state index in [0.717, 1.165) is 12.2 Å². The number of benzene rings is 1. The molecule has 2 aromatic rings. The molecule has 2 N–H and O–H groups in total. The number of fused-ring (bicyclic) bond motifs is 2. The number of hydrogen-bond donors (Lipinski definition) is 2. The molecule has 1 aliphatic carbocycles. The second-order valence-electron chi connectivity index (χ2n) is 5.90. The number of rotatable bonds is 2. The van der Waals surface area contributed by atoms with Crippen molar-refractivity contribution in [3.8, 4) is 0 Å². The van der Waals surface area contributed by atoms with Crippen LogP contribution < -0.4 is 10.6 Å². The van der Waals surface area contributed by atoms with Crippen LogP contribution in [0.25, 0.3) is 10.1 Å². The second kappa shape index (κ2) is 4.86. The van der Waals surface area contributed by atoms with Crippen molar-refractivity contribution in [3.05, 3.63) is 29.6 Å². The molecule has 1 aromatic heterocycles. The molecule has 0 radical (unpaired) electrons. The predicted octanol–water partition coefficient (Wildman–Crippen LogP) is 3.23. The summed E-state index contributed by atoms with van der Waals surface area (Å²) in [7, 11) is 0. The maximum Gasteiger partial charge on any atom is 0.241 e. The van der Waals surface area contributed by atoms with Crippen LogP contribution in [-0.4, -0.2) is 18.5 Å². The van der Waals surface area contributed by atoms with Crippen LogP contribution in [0, 0.1) is 11.8 Å². The third kappa shape index (κ3) is 2.03. The number of nitrogens with one attached hydrogen (secondary N) is 2. The van der Waals surface area contributed by atoms with Crippen LogP contribution in [-0.2, 0) is 4.79 Å². The third-order valence-electron chi connectivity index (χ3n) is 4.75. The summed E-state index contributed by atoms with van der Waals surface area (Å²) in [6.07, 6.45) is 3.75. The van der Waals surface area contributed by atoms with Gasteiger partial charge in [0, 0.05) is 10.4 Å². The largest absolute Gasteiger partial charge is 0.325 e. The van der Waals surface area contributed by atoms with Gasteiger partial charge in [-0.3, -0.25) is 4.79 Å². The minimum absolute atomic E-state index is 0.000622. The molecule has 3 nitrogen and oxygen atoms in total. The van der Waals surface area contributed by atoms with E-state index in [1.807, 2.05) is 6.07 Å². The molecule has 4 heteroatoms. The summed E-state index contributed by atoms with van der Waals surface area (Å²) in [5.41, 5.74) is 0.907. The lowest BCUT2D eigenvalue weighted by molar-refractivity contribution is -0.118. The average Bonchev–Trinajstić information content (AvgIpc) is 3.13. The fourth-order valence-corrected chi connectivity index (χ4v) is 4.51. The Kier molecular flexibility index (Phi) is 3.00. The first kappa shape index (κ1) is 12.4. The van der Waals surface area contributed by atoms with Gasteiger partial charge in [-0.15, -0.1) is 11.3 Å². The number of anilines is 1. The zero-order valence-corrected chi connectivity index (χ0v) is 12.1. The molecule has 3 unspecified atom stereocenters. The van der Waals surface area contributed by atoms with Gasteiger partial charge < -0.3 is 10.6 Å². The number of thiophene rings is 1. The van der Waals surface area contributed by atoms with Gasteiger partial charge in [0.25, 0.3) is 0 Å². The molecule has 4 rings (SSSR count). The summed E-state index contributed by atoms with van der Waals surface area (Å²) in [6, 6.07) is 8.23. The molecule has 1 saturated carbocycles.